The van der Waals surface area contributed by atoms with Gasteiger partial charge in [-0.05, 0) is 34.1 Å². The minimum absolute atomic E-state index is 0.437. The Kier molecular flexibility index (Phi) is 6.11. The lowest BCUT2D eigenvalue weighted by molar-refractivity contribution is 0.120. The van der Waals surface area contributed by atoms with Crippen LogP contribution >= 0.6 is 31.9 Å². The van der Waals surface area contributed by atoms with E-state index in [0.29, 0.717) is 24.7 Å². The maximum atomic E-state index is 11.8. The molecule has 1 saturated heterocycles. The number of rotatable bonds is 4. The highest BCUT2D eigenvalue weighted by molar-refractivity contribution is 9.10. The monoisotopic (exact) mass is 470 g/mol. The zero-order valence-electron chi connectivity index (χ0n) is 13.2. The minimum atomic E-state index is -0.437. The second-order valence-electron chi connectivity index (χ2n) is 5.24. The summed E-state index contributed by atoms with van der Waals surface area (Å²) in [4.78, 5) is 13.9. The summed E-state index contributed by atoms with van der Waals surface area (Å²) in [6.07, 6.45) is 1.45. The van der Waals surface area contributed by atoms with E-state index in [1.165, 1.54) is 6.21 Å². The summed E-state index contributed by atoms with van der Waals surface area (Å²) in [5.74, 6) is 1.28. The third-order valence-corrected chi connectivity index (χ3v) is 4.49. The molecule has 0 atom stereocenters. The number of hydrogen-bond acceptors (Lipinski definition) is 5. The van der Waals surface area contributed by atoms with Gasteiger partial charge in [0.2, 0.25) is 5.88 Å². The maximum absolute atomic E-state index is 11.8. The van der Waals surface area contributed by atoms with E-state index >= 15 is 0 Å². The molecule has 0 spiro atoms. The smallest absolute Gasteiger partial charge is 0.339 e. The average Bonchev–Trinajstić information content (AvgIpc) is 2.96. The Morgan fingerprint density at radius 1 is 1.24 bits per heavy atom. The lowest BCUT2D eigenvalue weighted by atomic mass is 10.3. The third-order valence-electron chi connectivity index (χ3n) is 3.43. The van der Waals surface area contributed by atoms with E-state index in [2.05, 4.69) is 52.6 Å². The number of carbonyl (C=O) groups is 1. The number of ether oxygens (including phenoxy) is 1. The minimum Gasteiger partial charge on any atom is -0.438 e. The summed E-state index contributed by atoms with van der Waals surface area (Å²) < 4.78 is 12.8. The fourth-order valence-corrected chi connectivity index (χ4v) is 3.26. The van der Waals surface area contributed by atoms with Gasteiger partial charge in [0, 0.05) is 29.3 Å². The highest BCUT2D eigenvalue weighted by Crippen LogP contribution is 2.30. The maximum Gasteiger partial charge on any atom is 0.339 e. The number of carbonyl (C=O) groups excluding carboxylic acids is 1. The Balaban J connectivity index is 1.56. The number of hydrazone groups is 1. The van der Waals surface area contributed by atoms with Crippen LogP contribution in [0.1, 0.15) is 5.76 Å². The van der Waals surface area contributed by atoms with Crippen molar-refractivity contribution in [3.63, 3.8) is 0 Å². The molecule has 0 unspecified atom stereocenters. The molecule has 0 saturated carbocycles. The van der Waals surface area contributed by atoms with Crippen molar-refractivity contribution in [2.24, 2.45) is 5.10 Å². The van der Waals surface area contributed by atoms with Crippen LogP contribution in [0.15, 0.2) is 48.8 Å². The van der Waals surface area contributed by atoms with Gasteiger partial charge in [-0.15, -0.1) is 0 Å². The molecule has 2 heterocycles. The van der Waals surface area contributed by atoms with Gasteiger partial charge in [-0.25, -0.2) is 10.2 Å². The molecule has 1 aliphatic rings. The van der Waals surface area contributed by atoms with Gasteiger partial charge in [-0.2, -0.15) is 5.10 Å². The van der Waals surface area contributed by atoms with Crippen molar-refractivity contribution >= 4 is 55.7 Å². The molecule has 2 aromatic rings. The fraction of sp³-hybridized carbons (Fsp3) is 0.250. The number of benzene rings is 1. The van der Waals surface area contributed by atoms with E-state index in [4.69, 9.17) is 9.15 Å². The van der Waals surface area contributed by atoms with Crippen molar-refractivity contribution < 1.29 is 13.9 Å². The van der Waals surface area contributed by atoms with E-state index in [9.17, 15) is 4.79 Å². The predicted molar refractivity (Wildman–Crippen MR) is 103 cm³/mol. The van der Waals surface area contributed by atoms with Crippen molar-refractivity contribution in [3.05, 3.63) is 45.0 Å². The number of urea groups is 1. The van der Waals surface area contributed by atoms with Crippen LogP contribution in [0.4, 0.5) is 16.4 Å². The van der Waals surface area contributed by atoms with E-state index in [1.54, 1.807) is 12.1 Å². The molecule has 25 heavy (non-hydrogen) atoms. The van der Waals surface area contributed by atoms with Crippen LogP contribution in [0.5, 0.6) is 0 Å². The average molecular weight is 472 g/mol. The van der Waals surface area contributed by atoms with E-state index < -0.39 is 6.03 Å². The SMILES string of the molecule is O=C(N/N=C/c1cc(Br)c(N2CCOCC2)o1)Nc1cccc(Br)c1. The van der Waals surface area contributed by atoms with Crippen molar-refractivity contribution in [3.8, 4) is 0 Å². The second-order valence-corrected chi connectivity index (χ2v) is 7.01. The Hall–Kier alpha value is -1.84. The van der Waals surface area contributed by atoms with Gasteiger partial charge >= 0.3 is 6.03 Å². The zero-order chi connectivity index (χ0) is 17.6. The number of nitrogens with one attached hydrogen (secondary N) is 2. The molecule has 132 valence electrons. The van der Waals surface area contributed by atoms with Crippen LogP contribution in [0.2, 0.25) is 0 Å². The quantitative estimate of drug-likeness (QED) is 0.525. The molecular formula is C16H16Br2N4O3. The molecule has 1 aromatic carbocycles. The molecule has 3 rings (SSSR count). The van der Waals surface area contributed by atoms with Gasteiger partial charge in [-0.3, -0.25) is 0 Å². The third kappa shape index (κ3) is 5.07. The van der Waals surface area contributed by atoms with Gasteiger partial charge in [0.05, 0.1) is 23.9 Å². The summed E-state index contributed by atoms with van der Waals surface area (Å²) in [5, 5.41) is 6.58. The number of anilines is 2. The summed E-state index contributed by atoms with van der Waals surface area (Å²) >= 11 is 6.83. The van der Waals surface area contributed by atoms with Crippen molar-refractivity contribution in [2.75, 3.05) is 36.5 Å². The number of amides is 2. The molecule has 2 amide bonds. The van der Waals surface area contributed by atoms with Gasteiger partial charge in [0.25, 0.3) is 0 Å². The van der Waals surface area contributed by atoms with Crippen LogP contribution < -0.4 is 15.6 Å². The Labute approximate surface area is 161 Å². The number of halogens is 2. The van der Waals surface area contributed by atoms with Crippen molar-refractivity contribution in [1.29, 1.82) is 0 Å². The molecular weight excluding hydrogens is 456 g/mol. The highest BCUT2D eigenvalue weighted by Gasteiger charge is 2.18. The Morgan fingerprint density at radius 3 is 2.80 bits per heavy atom. The molecule has 9 heteroatoms. The molecule has 2 N–H and O–H groups in total. The number of furan rings is 1. The van der Waals surface area contributed by atoms with Crippen molar-refractivity contribution in [1.82, 2.24) is 5.43 Å². The first-order valence-electron chi connectivity index (χ1n) is 7.59. The lowest BCUT2D eigenvalue weighted by Crippen LogP contribution is -2.36. The normalized spacial score (nSPS) is 14.7. The van der Waals surface area contributed by atoms with Crippen LogP contribution in [-0.2, 0) is 4.74 Å². The second kappa shape index (κ2) is 8.50. The Bertz CT molecular complexity index is 772. The summed E-state index contributed by atoms with van der Waals surface area (Å²) in [5.41, 5.74) is 3.07. The van der Waals surface area contributed by atoms with E-state index in [-0.39, 0.29) is 0 Å². The zero-order valence-corrected chi connectivity index (χ0v) is 16.3. The topological polar surface area (TPSA) is 79.1 Å². The molecule has 1 aromatic heterocycles. The molecule has 1 fully saturated rings. The largest absolute Gasteiger partial charge is 0.438 e. The highest BCUT2D eigenvalue weighted by atomic mass is 79.9. The predicted octanol–water partition coefficient (Wildman–Crippen LogP) is 3.80. The van der Waals surface area contributed by atoms with Gasteiger partial charge in [0.1, 0.15) is 0 Å². The summed E-state index contributed by atoms with van der Waals surface area (Å²) in [6.45, 7) is 2.90. The summed E-state index contributed by atoms with van der Waals surface area (Å²) in [6, 6.07) is 8.66. The lowest BCUT2D eigenvalue weighted by Gasteiger charge is -2.26. The van der Waals surface area contributed by atoms with Crippen LogP contribution in [0.3, 0.4) is 0 Å². The van der Waals surface area contributed by atoms with Crippen LogP contribution in [0.25, 0.3) is 0 Å². The van der Waals surface area contributed by atoms with Crippen LogP contribution in [0, 0.1) is 0 Å². The fourth-order valence-electron chi connectivity index (χ4n) is 2.30. The number of nitrogens with zero attached hydrogens (tertiary/aromatic N) is 2. The van der Waals surface area contributed by atoms with Gasteiger partial charge in [-0.1, -0.05) is 22.0 Å². The first-order valence-corrected chi connectivity index (χ1v) is 9.18. The molecule has 0 radical (unpaired) electrons. The Morgan fingerprint density at radius 2 is 2.04 bits per heavy atom. The molecule has 0 aliphatic carbocycles. The van der Waals surface area contributed by atoms with Crippen LogP contribution in [-0.4, -0.2) is 38.5 Å². The molecule has 7 nitrogen and oxygen atoms in total. The number of morpholine rings is 1. The first-order chi connectivity index (χ1) is 12.1. The molecule has 0 bridgehead atoms. The van der Waals surface area contributed by atoms with Gasteiger partial charge < -0.3 is 19.4 Å². The van der Waals surface area contributed by atoms with E-state index in [0.717, 1.165) is 27.9 Å². The summed E-state index contributed by atoms with van der Waals surface area (Å²) in [7, 11) is 0. The van der Waals surface area contributed by atoms with E-state index in [1.807, 2.05) is 18.2 Å². The molecule has 1 aliphatic heterocycles. The first kappa shape index (κ1) is 18.0. The standard InChI is InChI=1S/C16H16Br2N4O3/c17-11-2-1-3-12(8-11)20-16(23)21-19-10-13-9-14(18)15(25-13)22-4-6-24-7-5-22/h1-3,8-10H,4-7H2,(H2,20,21,23)/b19-10+. The van der Waals surface area contributed by atoms with Gasteiger partial charge in [0.15, 0.2) is 5.76 Å². The number of hydrogen-bond donors (Lipinski definition) is 2. The van der Waals surface area contributed by atoms with Crippen molar-refractivity contribution in [2.45, 2.75) is 0 Å².